The van der Waals surface area contributed by atoms with Gasteiger partial charge in [0, 0.05) is 43.7 Å². The molecule has 0 saturated carbocycles. The summed E-state index contributed by atoms with van der Waals surface area (Å²) in [6, 6.07) is 12.4. The molecule has 0 bridgehead atoms. The Balaban J connectivity index is 0.000000673. The van der Waals surface area contributed by atoms with Crippen molar-refractivity contribution in [1.82, 2.24) is 15.5 Å². The highest BCUT2D eigenvalue weighted by Gasteiger charge is 2.38. The number of amidine groups is 1. The van der Waals surface area contributed by atoms with Crippen LogP contribution in [0.2, 0.25) is 10.0 Å². The van der Waals surface area contributed by atoms with Crippen LogP contribution < -0.4 is 10.6 Å². The summed E-state index contributed by atoms with van der Waals surface area (Å²) in [6.45, 7) is 2.51. The molecule has 2 aromatic rings. The Morgan fingerprint density at radius 3 is 2.33 bits per heavy atom. The number of halogens is 5. The van der Waals surface area contributed by atoms with Gasteiger partial charge in [0.15, 0.2) is 9.84 Å². The van der Waals surface area contributed by atoms with E-state index in [1.807, 2.05) is 24.3 Å². The topological polar surface area (TPSA) is 128 Å². The third kappa shape index (κ3) is 10.7. The second-order valence-corrected chi connectivity index (χ2v) is 11.1. The van der Waals surface area contributed by atoms with Crippen LogP contribution in [0.15, 0.2) is 52.4 Å². The number of carbonyl (C=O) groups is 2. The van der Waals surface area contributed by atoms with Crippen LogP contribution in [0.1, 0.15) is 17.5 Å². The zero-order valence-corrected chi connectivity index (χ0v) is 23.1. The summed E-state index contributed by atoms with van der Waals surface area (Å²) in [4.78, 5) is 27.3. The molecule has 0 spiro atoms. The highest BCUT2D eigenvalue weighted by molar-refractivity contribution is 7.91. The average Bonchev–Trinajstić information content (AvgIpc) is 3.40. The minimum Gasteiger partial charge on any atom is -0.475 e. The van der Waals surface area contributed by atoms with Gasteiger partial charge in [-0.2, -0.15) is 13.2 Å². The number of aliphatic carboxylic acids is 1. The Morgan fingerprint density at radius 2 is 1.79 bits per heavy atom. The third-order valence-electron chi connectivity index (χ3n) is 5.34. The van der Waals surface area contributed by atoms with E-state index in [4.69, 9.17) is 33.1 Å². The Hall–Kier alpha value is -2.87. The van der Waals surface area contributed by atoms with E-state index in [0.717, 1.165) is 36.5 Å². The number of alkyl halides is 3. The first-order valence-corrected chi connectivity index (χ1v) is 13.9. The van der Waals surface area contributed by atoms with Crippen LogP contribution >= 0.6 is 23.2 Å². The average molecular weight is 611 g/mol. The lowest BCUT2D eigenvalue weighted by Crippen LogP contribution is -2.33. The molecule has 3 rings (SSSR count). The fraction of sp³-hybridized carbons (Fsp3) is 0.375. The van der Waals surface area contributed by atoms with Gasteiger partial charge in [-0.05, 0) is 30.2 Å². The van der Waals surface area contributed by atoms with Crippen molar-refractivity contribution >= 4 is 50.8 Å². The number of carboxylic acid groups (broad SMARTS) is 1. The van der Waals surface area contributed by atoms with Crippen molar-refractivity contribution in [3.8, 4) is 0 Å². The van der Waals surface area contributed by atoms with E-state index in [9.17, 15) is 26.4 Å². The lowest BCUT2D eigenvalue weighted by atomic mass is 10.1. The van der Waals surface area contributed by atoms with Crippen LogP contribution in [0, 0.1) is 0 Å². The maximum absolute atomic E-state index is 12.4. The van der Waals surface area contributed by atoms with Crippen molar-refractivity contribution in [2.24, 2.45) is 4.99 Å². The number of hydrogen-bond donors (Lipinski definition) is 3. The molecule has 0 fully saturated rings. The lowest BCUT2D eigenvalue weighted by Gasteiger charge is -2.17. The molecule has 214 valence electrons. The summed E-state index contributed by atoms with van der Waals surface area (Å²) in [6.07, 6.45) is -4.15. The number of sulfone groups is 1. The van der Waals surface area contributed by atoms with E-state index in [1.54, 1.807) is 11.9 Å². The summed E-state index contributed by atoms with van der Waals surface area (Å²) in [5, 5.41) is 13.6. The molecular weight excluding hydrogens is 584 g/mol. The summed E-state index contributed by atoms with van der Waals surface area (Å²) in [5.41, 5.74) is 2.20. The fourth-order valence-electron chi connectivity index (χ4n) is 3.24. The van der Waals surface area contributed by atoms with Crippen LogP contribution in [-0.2, 0) is 25.8 Å². The Bertz CT molecular complexity index is 1290. The second-order valence-electron chi connectivity index (χ2n) is 8.31. The third-order valence-corrected chi connectivity index (χ3v) is 7.61. The van der Waals surface area contributed by atoms with Crippen molar-refractivity contribution in [1.29, 1.82) is 0 Å². The van der Waals surface area contributed by atoms with Crippen molar-refractivity contribution < 1.29 is 36.3 Å². The first-order chi connectivity index (χ1) is 18.2. The van der Waals surface area contributed by atoms with E-state index in [2.05, 4.69) is 15.6 Å². The molecule has 0 radical (unpaired) electrons. The number of benzene rings is 2. The monoisotopic (exact) mass is 610 g/mol. The van der Waals surface area contributed by atoms with Gasteiger partial charge in [0.25, 0.3) is 0 Å². The van der Waals surface area contributed by atoms with Crippen LogP contribution in [-0.4, -0.2) is 81.4 Å². The second kappa shape index (κ2) is 14.5. The highest BCUT2D eigenvalue weighted by Crippen LogP contribution is 2.25. The first-order valence-electron chi connectivity index (χ1n) is 11.5. The predicted octanol–water partition coefficient (Wildman–Crippen LogP) is 3.39. The van der Waals surface area contributed by atoms with E-state index in [-0.39, 0.29) is 34.7 Å². The van der Waals surface area contributed by atoms with Crippen LogP contribution in [0.5, 0.6) is 0 Å². The van der Waals surface area contributed by atoms with Crippen molar-refractivity contribution in [3.63, 3.8) is 0 Å². The van der Waals surface area contributed by atoms with Gasteiger partial charge in [0.05, 0.1) is 16.5 Å². The number of likely N-dealkylation sites (N-methyl/N-ethyl adjacent to an activating group) is 1. The first kappa shape index (κ1) is 32.3. The van der Waals surface area contributed by atoms with Gasteiger partial charge in [-0.3, -0.25) is 9.79 Å². The molecule has 1 heterocycles. The van der Waals surface area contributed by atoms with Crippen LogP contribution in [0.3, 0.4) is 0 Å². The zero-order chi connectivity index (χ0) is 29.2. The molecule has 0 aromatic heterocycles. The molecule has 0 atom stereocenters. The molecule has 9 nitrogen and oxygen atoms in total. The van der Waals surface area contributed by atoms with E-state index < -0.39 is 22.0 Å². The van der Waals surface area contributed by atoms with Crippen molar-refractivity contribution in [2.75, 3.05) is 39.1 Å². The van der Waals surface area contributed by atoms with Gasteiger partial charge in [0.2, 0.25) is 5.91 Å². The number of nitrogens with zero attached hydrogens (tertiary/aromatic N) is 2. The summed E-state index contributed by atoms with van der Waals surface area (Å²) < 4.78 is 56.6. The van der Waals surface area contributed by atoms with Crippen LogP contribution in [0.4, 0.5) is 13.2 Å². The largest absolute Gasteiger partial charge is 0.490 e. The van der Waals surface area contributed by atoms with Gasteiger partial charge in [-0.1, -0.05) is 47.5 Å². The molecule has 1 amide bonds. The van der Waals surface area contributed by atoms with Crippen LogP contribution in [0.25, 0.3) is 0 Å². The summed E-state index contributed by atoms with van der Waals surface area (Å²) in [5.74, 6) is -2.19. The number of carbonyl (C=O) groups excluding carboxylic acids is 1. The predicted molar refractivity (Wildman–Crippen MR) is 142 cm³/mol. The number of nitrogens with one attached hydrogen (secondary N) is 2. The van der Waals surface area contributed by atoms with E-state index in [0.29, 0.717) is 11.6 Å². The standard InChI is InChI=1S/C22H26Cl2N4O3S.C2HF3O2/c1-28(13-9-16-2-4-17(5-3-16)22-26-11-12-27-22)21(29)8-10-25-15-32(30,31)20-7-6-18(23)14-19(20)24;3-2(4,5)1(6)7/h2-7,14,25H,8-13,15H2,1H3,(H,26,27);(H,6,7). The number of aliphatic imine (C=N–C) groups is 1. The molecule has 0 saturated heterocycles. The maximum atomic E-state index is 12.4. The van der Waals surface area contributed by atoms with Gasteiger partial charge < -0.3 is 20.6 Å². The number of carboxylic acids is 1. The molecule has 2 aromatic carbocycles. The minimum absolute atomic E-state index is 0.0151. The van der Waals surface area contributed by atoms with Gasteiger partial charge in [0.1, 0.15) is 11.7 Å². The molecule has 15 heteroatoms. The number of rotatable bonds is 10. The molecule has 3 N–H and O–H groups in total. The van der Waals surface area contributed by atoms with E-state index >= 15 is 0 Å². The zero-order valence-electron chi connectivity index (χ0n) is 20.8. The quantitative estimate of drug-likeness (QED) is 0.352. The smallest absolute Gasteiger partial charge is 0.475 e. The van der Waals surface area contributed by atoms with Gasteiger partial charge in [-0.15, -0.1) is 0 Å². The molecular formula is C24H27Cl2F3N4O5S. The molecule has 0 unspecified atom stereocenters. The maximum Gasteiger partial charge on any atom is 0.490 e. The fourth-order valence-corrected chi connectivity index (χ4v) is 5.20. The van der Waals surface area contributed by atoms with Crippen molar-refractivity contribution in [2.45, 2.75) is 23.9 Å². The summed E-state index contributed by atoms with van der Waals surface area (Å²) >= 11 is 11.8. The molecule has 0 aliphatic carbocycles. The Labute approximate surface area is 233 Å². The highest BCUT2D eigenvalue weighted by atomic mass is 35.5. The van der Waals surface area contributed by atoms with Gasteiger partial charge >= 0.3 is 12.1 Å². The molecule has 1 aliphatic heterocycles. The molecule has 1 aliphatic rings. The summed E-state index contributed by atoms with van der Waals surface area (Å²) in [7, 11) is -1.87. The van der Waals surface area contributed by atoms with E-state index in [1.165, 1.54) is 18.2 Å². The Morgan fingerprint density at radius 1 is 1.15 bits per heavy atom. The Kier molecular flexibility index (Phi) is 12.0. The minimum atomic E-state index is -5.08. The molecule has 39 heavy (non-hydrogen) atoms. The van der Waals surface area contributed by atoms with Gasteiger partial charge in [-0.25, -0.2) is 13.2 Å². The number of amides is 1. The lowest BCUT2D eigenvalue weighted by molar-refractivity contribution is -0.192. The normalized spacial score (nSPS) is 13.1. The SMILES string of the molecule is CN(CCc1ccc(C2=NCCN2)cc1)C(=O)CCNCS(=O)(=O)c1ccc(Cl)cc1Cl.O=C(O)C(F)(F)F. The number of hydrogen-bond acceptors (Lipinski definition) is 7. The van der Waals surface area contributed by atoms with Crippen molar-refractivity contribution in [3.05, 3.63) is 63.6 Å².